The van der Waals surface area contributed by atoms with Crippen LogP contribution in [0.5, 0.6) is 0 Å². The number of nitrogens with zero attached hydrogens (tertiary/aromatic N) is 1. The van der Waals surface area contributed by atoms with Gasteiger partial charge in [-0.1, -0.05) is 28.4 Å². The van der Waals surface area contributed by atoms with E-state index in [4.69, 9.17) is 0 Å². The summed E-state index contributed by atoms with van der Waals surface area (Å²) in [6, 6.07) is 6.85. The van der Waals surface area contributed by atoms with E-state index in [1.807, 2.05) is 6.92 Å². The Labute approximate surface area is 103 Å². The van der Waals surface area contributed by atoms with Crippen LogP contribution in [0, 0.1) is 6.92 Å². The molecule has 3 nitrogen and oxygen atoms in total. The van der Waals surface area contributed by atoms with E-state index in [0.717, 1.165) is 22.2 Å². The molecule has 0 bridgehead atoms. The van der Waals surface area contributed by atoms with E-state index in [-0.39, 0.29) is 10.7 Å². The fraction of sp³-hybridized carbons (Fsp3) is 0.400. The number of rotatable bonds is 2. The Morgan fingerprint density at radius 3 is 2.56 bits per heavy atom. The first-order valence-corrected chi connectivity index (χ1v) is 8.99. The molecule has 0 N–H and O–H groups in total. The Hall–Kier alpha value is -0.330. The molecule has 0 saturated carbocycles. The maximum atomic E-state index is 11.9. The van der Waals surface area contributed by atoms with E-state index in [1.165, 1.54) is 0 Å². The van der Waals surface area contributed by atoms with Gasteiger partial charge in [-0.2, -0.15) is 8.42 Å². The van der Waals surface area contributed by atoms with E-state index in [9.17, 15) is 8.42 Å². The smallest absolute Gasteiger partial charge is 0.199 e. The van der Waals surface area contributed by atoms with Crippen molar-refractivity contribution in [2.24, 2.45) is 3.77 Å². The zero-order chi connectivity index (χ0) is 11.6. The van der Waals surface area contributed by atoms with Crippen LogP contribution < -0.4 is 0 Å². The van der Waals surface area contributed by atoms with Crippen molar-refractivity contribution < 1.29 is 8.42 Å². The monoisotopic (exact) mass is 275 g/mol. The molecule has 1 heterocycles. The Morgan fingerprint density at radius 2 is 2.00 bits per heavy atom. The van der Waals surface area contributed by atoms with Gasteiger partial charge in [0.15, 0.2) is 0 Å². The maximum absolute atomic E-state index is 11.9. The number of aryl methyl sites for hydroxylation is 1. The van der Waals surface area contributed by atoms with Gasteiger partial charge < -0.3 is 0 Å². The normalized spacial score (nSPS) is 21.4. The molecule has 1 aliphatic heterocycles. The lowest BCUT2D eigenvalue weighted by atomic mass is 10.2. The number of hydrogen-bond acceptors (Lipinski definition) is 3. The molecule has 16 heavy (non-hydrogen) atoms. The highest BCUT2D eigenvalue weighted by Crippen LogP contribution is 2.19. The van der Waals surface area contributed by atoms with Crippen molar-refractivity contribution in [1.29, 1.82) is 0 Å². The van der Waals surface area contributed by atoms with Crippen LogP contribution in [0.3, 0.4) is 0 Å². The Kier molecular flexibility index (Phi) is 3.71. The van der Waals surface area contributed by atoms with Crippen LogP contribution in [-0.2, 0) is 20.7 Å². The molecule has 0 aromatic heterocycles. The van der Waals surface area contributed by atoms with Crippen molar-refractivity contribution in [1.82, 2.24) is 0 Å². The summed E-state index contributed by atoms with van der Waals surface area (Å²) in [6.45, 7) is 1.93. The van der Waals surface area contributed by atoms with E-state index < -0.39 is 10.0 Å². The summed E-state index contributed by atoms with van der Waals surface area (Å²) in [5.74, 6) is 1.92. The zero-order valence-corrected chi connectivity index (χ0v) is 11.4. The molecular formula is C10H13NO2S3. The first-order chi connectivity index (χ1) is 7.58. The third-order valence-electron chi connectivity index (χ3n) is 2.21. The highest BCUT2D eigenvalue weighted by atomic mass is 32.3. The second-order valence-electron chi connectivity index (χ2n) is 3.56. The Balaban J connectivity index is 2.31. The van der Waals surface area contributed by atoms with Gasteiger partial charge in [0.2, 0.25) is 0 Å². The highest BCUT2D eigenvalue weighted by Gasteiger charge is 2.16. The summed E-state index contributed by atoms with van der Waals surface area (Å²) in [5, 5.41) is 0.852. The van der Waals surface area contributed by atoms with Crippen molar-refractivity contribution in [2.45, 2.75) is 11.8 Å². The van der Waals surface area contributed by atoms with Gasteiger partial charge in [0.05, 0.1) is 9.98 Å². The van der Waals surface area contributed by atoms with Gasteiger partial charge in [-0.05, 0) is 19.1 Å². The summed E-state index contributed by atoms with van der Waals surface area (Å²) in [7, 11) is -3.74. The maximum Gasteiger partial charge on any atom is 0.287 e. The molecule has 1 aromatic carbocycles. The summed E-state index contributed by atoms with van der Waals surface area (Å²) < 4.78 is 27.8. The average Bonchev–Trinajstić information content (AvgIpc) is 2.70. The second kappa shape index (κ2) is 4.89. The second-order valence-corrected chi connectivity index (χ2v) is 8.67. The first kappa shape index (κ1) is 12.1. The van der Waals surface area contributed by atoms with Gasteiger partial charge in [0.25, 0.3) is 10.0 Å². The van der Waals surface area contributed by atoms with Gasteiger partial charge in [-0.25, -0.2) is 0 Å². The number of benzene rings is 1. The minimum Gasteiger partial charge on any atom is -0.199 e. The SMILES string of the molecule is Cc1ccc(S(=O)(=O)/N=S2/CCSC2)cc1. The average molecular weight is 275 g/mol. The summed E-state index contributed by atoms with van der Waals surface area (Å²) in [6.07, 6.45) is 0. The third-order valence-corrected chi connectivity index (χ3v) is 7.88. The molecule has 0 amide bonds. The fourth-order valence-corrected chi connectivity index (χ4v) is 7.07. The van der Waals surface area contributed by atoms with Crippen molar-refractivity contribution in [3.05, 3.63) is 29.8 Å². The molecule has 0 radical (unpaired) electrons. The molecule has 0 aliphatic carbocycles. The van der Waals surface area contributed by atoms with Gasteiger partial charge >= 0.3 is 0 Å². The minimum absolute atomic E-state index is 0.303. The van der Waals surface area contributed by atoms with Crippen LogP contribution in [0.1, 0.15) is 5.56 Å². The molecule has 1 atom stereocenters. The number of sulfonamides is 1. The molecule has 2 rings (SSSR count). The van der Waals surface area contributed by atoms with Crippen molar-refractivity contribution in [2.75, 3.05) is 16.6 Å². The van der Waals surface area contributed by atoms with Crippen molar-refractivity contribution in [3.8, 4) is 0 Å². The van der Waals surface area contributed by atoms with Crippen molar-refractivity contribution in [3.63, 3.8) is 0 Å². The first-order valence-electron chi connectivity index (χ1n) is 4.88. The molecule has 1 unspecified atom stereocenters. The lowest BCUT2D eigenvalue weighted by Gasteiger charge is -2.01. The van der Waals surface area contributed by atoms with Crippen LogP contribution >= 0.6 is 11.8 Å². The molecule has 1 aliphatic rings. The van der Waals surface area contributed by atoms with Crippen molar-refractivity contribution >= 4 is 32.5 Å². The number of hydrogen-bond donors (Lipinski definition) is 0. The summed E-state index contributed by atoms with van der Waals surface area (Å²) in [4.78, 5) is 0.308. The van der Waals surface area contributed by atoms with E-state index in [0.29, 0.717) is 4.90 Å². The zero-order valence-electron chi connectivity index (χ0n) is 8.92. The highest BCUT2D eigenvalue weighted by molar-refractivity contribution is 8.15. The molecule has 1 saturated heterocycles. The molecule has 0 spiro atoms. The van der Waals surface area contributed by atoms with E-state index in [1.54, 1.807) is 36.0 Å². The molecule has 88 valence electrons. The standard InChI is InChI=1S/C10H13NO2S3/c1-9-2-4-10(5-3-9)16(12,13)11-15-7-6-14-8-15/h2-5H,6-8H2,1H3. The Morgan fingerprint density at radius 1 is 1.31 bits per heavy atom. The quantitative estimate of drug-likeness (QED) is 0.831. The van der Waals surface area contributed by atoms with E-state index >= 15 is 0 Å². The summed E-state index contributed by atoms with van der Waals surface area (Å²) >= 11 is 1.77. The molecule has 6 heteroatoms. The topological polar surface area (TPSA) is 46.5 Å². The largest absolute Gasteiger partial charge is 0.287 e. The molecule has 1 fully saturated rings. The van der Waals surface area contributed by atoms with Gasteiger partial charge in [0.1, 0.15) is 0 Å². The van der Waals surface area contributed by atoms with Crippen LogP contribution in [0.15, 0.2) is 32.9 Å². The summed E-state index contributed by atoms with van der Waals surface area (Å²) in [5.41, 5.74) is 1.05. The molecular weight excluding hydrogens is 262 g/mol. The molecule has 1 aromatic rings. The lowest BCUT2D eigenvalue weighted by Crippen LogP contribution is -2.01. The predicted molar refractivity (Wildman–Crippen MR) is 70.3 cm³/mol. The lowest BCUT2D eigenvalue weighted by molar-refractivity contribution is 0.598. The van der Waals surface area contributed by atoms with Gasteiger partial charge in [-0.3, -0.25) is 0 Å². The fourth-order valence-electron chi connectivity index (χ4n) is 1.32. The third kappa shape index (κ3) is 2.87. The minimum atomic E-state index is -3.44. The van der Waals surface area contributed by atoms with Crippen LogP contribution in [0.4, 0.5) is 0 Å². The number of thioether (sulfide) groups is 1. The van der Waals surface area contributed by atoms with Crippen LogP contribution in [0.25, 0.3) is 0 Å². The van der Waals surface area contributed by atoms with E-state index in [2.05, 4.69) is 3.77 Å². The van der Waals surface area contributed by atoms with Gasteiger partial charge in [0, 0.05) is 11.5 Å². The van der Waals surface area contributed by atoms with Crippen LogP contribution in [-0.4, -0.2) is 25.0 Å². The Bertz CT molecular complexity index is 497. The van der Waals surface area contributed by atoms with Gasteiger partial charge in [-0.15, -0.1) is 15.5 Å². The van der Waals surface area contributed by atoms with Crippen LogP contribution in [0.2, 0.25) is 0 Å². The predicted octanol–water partition coefficient (Wildman–Crippen LogP) is 2.19.